The number of fused-ring (bicyclic) bond motifs is 1. The summed E-state index contributed by atoms with van der Waals surface area (Å²) in [5, 5.41) is 0. The van der Waals surface area contributed by atoms with Gasteiger partial charge in [-0.3, -0.25) is 0 Å². The van der Waals surface area contributed by atoms with Crippen LogP contribution in [0.4, 0.5) is 10.1 Å². The van der Waals surface area contributed by atoms with Gasteiger partial charge in [0.05, 0.1) is 0 Å². The summed E-state index contributed by atoms with van der Waals surface area (Å²) in [4.78, 5) is 3.66. The first-order valence-electron chi connectivity index (χ1n) is 6.20. The monoisotopic (exact) mass is 242 g/mol. The number of halogens is 1. The Bertz CT molecular complexity index is 620. The lowest BCUT2D eigenvalue weighted by Crippen LogP contribution is -1.99. The number of benzene rings is 1. The zero-order valence-electron chi connectivity index (χ0n) is 10.3. The number of aryl methyl sites for hydroxylation is 1. The molecule has 0 amide bonds. The molecule has 2 N–H and O–H groups in total. The lowest BCUT2D eigenvalue weighted by atomic mass is 9.96. The van der Waals surface area contributed by atoms with Crippen LogP contribution < -0.4 is 5.73 Å². The summed E-state index contributed by atoms with van der Waals surface area (Å²) < 4.78 is 13.5. The normalized spacial score (nSPS) is 13.7. The van der Waals surface area contributed by atoms with Gasteiger partial charge in [0.1, 0.15) is 0 Å². The van der Waals surface area contributed by atoms with Gasteiger partial charge in [-0.15, -0.1) is 0 Å². The van der Waals surface area contributed by atoms with Crippen molar-refractivity contribution >= 4 is 5.69 Å². The molecule has 1 heterocycles. The molecule has 2 nitrogen and oxygen atoms in total. The topological polar surface area (TPSA) is 38.9 Å². The molecule has 18 heavy (non-hydrogen) atoms. The van der Waals surface area contributed by atoms with Gasteiger partial charge in [-0.2, -0.15) is 4.39 Å². The van der Waals surface area contributed by atoms with Gasteiger partial charge in [0.2, 0.25) is 5.95 Å². The average Bonchev–Trinajstić information content (AvgIpc) is 2.83. The zero-order valence-corrected chi connectivity index (χ0v) is 10.3. The molecule has 2 aromatic rings. The number of nitrogen functional groups attached to an aromatic ring is 1. The van der Waals surface area contributed by atoms with Crippen molar-refractivity contribution in [3.05, 3.63) is 47.0 Å². The van der Waals surface area contributed by atoms with E-state index in [0.29, 0.717) is 5.56 Å². The molecule has 1 aliphatic carbocycles. The van der Waals surface area contributed by atoms with Crippen molar-refractivity contribution in [1.29, 1.82) is 0 Å². The average molecular weight is 242 g/mol. The van der Waals surface area contributed by atoms with Crippen LogP contribution in [0.5, 0.6) is 0 Å². The predicted octanol–water partition coefficient (Wildman–Crippen LogP) is 3.27. The van der Waals surface area contributed by atoms with E-state index in [1.54, 1.807) is 6.92 Å². The van der Waals surface area contributed by atoms with Crippen molar-refractivity contribution < 1.29 is 4.39 Å². The van der Waals surface area contributed by atoms with E-state index in [-0.39, 0.29) is 0 Å². The van der Waals surface area contributed by atoms with Crippen LogP contribution in [-0.4, -0.2) is 4.98 Å². The van der Waals surface area contributed by atoms with Crippen LogP contribution in [0.1, 0.15) is 23.1 Å². The molecule has 3 heteroatoms. The van der Waals surface area contributed by atoms with E-state index in [1.165, 1.54) is 17.3 Å². The van der Waals surface area contributed by atoms with E-state index >= 15 is 0 Å². The third-order valence-electron chi connectivity index (χ3n) is 3.76. The number of hydrogen-bond donors (Lipinski definition) is 1. The molecule has 0 atom stereocenters. The van der Waals surface area contributed by atoms with Crippen LogP contribution in [0.25, 0.3) is 11.1 Å². The Morgan fingerprint density at radius 3 is 2.83 bits per heavy atom. The number of nitrogens with zero attached hydrogens (tertiary/aromatic N) is 1. The molecule has 1 aromatic heterocycles. The van der Waals surface area contributed by atoms with Gasteiger partial charge < -0.3 is 5.73 Å². The van der Waals surface area contributed by atoms with Crippen LogP contribution in [0, 0.1) is 12.9 Å². The molecule has 3 rings (SSSR count). The van der Waals surface area contributed by atoms with E-state index in [9.17, 15) is 4.39 Å². The van der Waals surface area contributed by atoms with E-state index in [0.717, 1.165) is 36.1 Å². The first-order valence-corrected chi connectivity index (χ1v) is 6.20. The number of pyridine rings is 1. The highest BCUT2D eigenvalue weighted by atomic mass is 19.1. The Kier molecular flexibility index (Phi) is 2.54. The summed E-state index contributed by atoms with van der Waals surface area (Å²) in [6, 6.07) is 5.94. The SMILES string of the molecule is Cc1c(-c2ccc3c(c2N)CCC3)ccnc1F. The quantitative estimate of drug-likeness (QED) is 0.615. The molecule has 0 radical (unpaired) electrons. The fourth-order valence-electron chi connectivity index (χ4n) is 2.73. The van der Waals surface area contributed by atoms with Crippen molar-refractivity contribution in [2.24, 2.45) is 0 Å². The van der Waals surface area contributed by atoms with Crippen LogP contribution >= 0.6 is 0 Å². The fraction of sp³-hybridized carbons (Fsp3) is 0.267. The first kappa shape index (κ1) is 11.2. The highest BCUT2D eigenvalue weighted by Crippen LogP contribution is 2.36. The van der Waals surface area contributed by atoms with Crippen molar-refractivity contribution in [1.82, 2.24) is 4.98 Å². The summed E-state index contributed by atoms with van der Waals surface area (Å²) in [5.74, 6) is -0.424. The lowest BCUT2D eigenvalue weighted by Gasteiger charge is -2.13. The molecule has 0 saturated heterocycles. The Morgan fingerprint density at radius 1 is 1.17 bits per heavy atom. The van der Waals surface area contributed by atoms with Crippen molar-refractivity contribution in [3.63, 3.8) is 0 Å². The summed E-state index contributed by atoms with van der Waals surface area (Å²) in [6.45, 7) is 1.74. The lowest BCUT2D eigenvalue weighted by molar-refractivity contribution is 0.575. The first-order chi connectivity index (χ1) is 8.68. The Labute approximate surface area is 106 Å². The maximum Gasteiger partial charge on any atom is 0.216 e. The Morgan fingerprint density at radius 2 is 2.00 bits per heavy atom. The smallest absolute Gasteiger partial charge is 0.216 e. The van der Waals surface area contributed by atoms with Crippen molar-refractivity contribution in [2.75, 3.05) is 5.73 Å². The highest BCUT2D eigenvalue weighted by Gasteiger charge is 2.18. The van der Waals surface area contributed by atoms with E-state index in [2.05, 4.69) is 11.1 Å². The number of nitrogens with two attached hydrogens (primary N) is 1. The summed E-state index contributed by atoms with van der Waals surface area (Å²) in [6.07, 6.45) is 4.78. The molecular formula is C15H15FN2. The molecule has 0 spiro atoms. The third-order valence-corrected chi connectivity index (χ3v) is 3.76. The van der Waals surface area contributed by atoms with Crippen LogP contribution in [-0.2, 0) is 12.8 Å². The summed E-state index contributed by atoms with van der Waals surface area (Å²) >= 11 is 0. The van der Waals surface area contributed by atoms with Gasteiger partial charge >= 0.3 is 0 Å². The summed E-state index contributed by atoms with van der Waals surface area (Å²) in [7, 11) is 0. The number of hydrogen-bond acceptors (Lipinski definition) is 2. The predicted molar refractivity (Wildman–Crippen MR) is 70.8 cm³/mol. The van der Waals surface area contributed by atoms with Crippen molar-refractivity contribution in [3.8, 4) is 11.1 Å². The third kappa shape index (κ3) is 1.58. The molecule has 1 aliphatic rings. The van der Waals surface area contributed by atoms with Gasteiger partial charge in [-0.25, -0.2) is 4.98 Å². The highest BCUT2D eigenvalue weighted by molar-refractivity contribution is 5.81. The minimum absolute atomic E-state index is 0.424. The minimum Gasteiger partial charge on any atom is -0.398 e. The summed E-state index contributed by atoms with van der Waals surface area (Å²) in [5.41, 5.74) is 11.9. The van der Waals surface area contributed by atoms with Gasteiger partial charge in [-0.05, 0) is 48.9 Å². The van der Waals surface area contributed by atoms with Crippen LogP contribution in [0.2, 0.25) is 0 Å². The van der Waals surface area contributed by atoms with E-state index in [4.69, 9.17) is 5.73 Å². The number of aromatic nitrogens is 1. The van der Waals surface area contributed by atoms with Gasteiger partial charge in [-0.1, -0.05) is 12.1 Å². The largest absolute Gasteiger partial charge is 0.398 e. The van der Waals surface area contributed by atoms with Crippen LogP contribution in [0.15, 0.2) is 24.4 Å². The maximum absolute atomic E-state index is 13.5. The molecule has 0 aliphatic heterocycles. The molecule has 0 unspecified atom stereocenters. The molecule has 92 valence electrons. The Balaban J connectivity index is 2.21. The zero-order chi connectivity index (χ0) is 12.7. The van der Waals surface area contributed by atoms with Gasteiger partial charge in [0, 0.05) is 23.0 Å². The van der Waals surface area contributed by atoms with Crippen molar-refractivity contribution in [2.45, 2.75) is 26.2 Å². The molecule has 0 fully saturated rings. The molecular weight excluding hydrogens is 227 g/mol. The second-order valence-corrected chi connectivity index (χ2v) is 4.79. The molecule has 1 aromatic carbocycles. The van der Waals surface area contributed by atoms with E-state index < -0.39 is 5.95 Å². The number of rotatable bonds is 1. The van der Waals surface area contributed by atoms with E-state index in [1.807, 2.05) is 12.1 Å². The van der Waals surface area contributed by atoms with Crippen LogP contribution in [0.3, 0.4) is 0 Å². The second kappa shape index (κ2) is 4.09. The molecule has 0 saturated carbocycles. The van der Waals surface area contributed by atoms with Gasteiger partial charge in [0.15, 0.2) is 0 Å². The standard InChI is InChI=1S/C15H15FN2/c1-9-11(7-8-18-15(9)16)13-6-5-10-3-2-4-12(10)14(13)17/h5-8H,2-4,17H2,1H3. The minimum atomic E-state index is -0.424. The maximum atomic E-state index is 13.5. The van der Waals surface area contributed by atoms with Gasteiger partial charge in [0.25, 0.3) is 0 Å². The second-order valence-electron chi connectivity index (χ2n) is 4.79. The number of anilines is 1. The fourth-order valence-corrected chi connectivity index (χ4v) is 2.73. The Hall–Kier alpha value is -1.90. The molecule has 0 bridgehead atoms.